The summed E-state index contributed by atoms with van der Waals surface area (Å²) in [5.74, 6) is 0.604. The number of hydrogen-bond donors (Lipinski definition) is 1. The maximum Gasteiger partial charge on any atom is 0.0900 e. The summed E-state index contributed by atoms with van der Waals surface area (Å²) in [5.41, 5.74) is 2.52. The second-order valence-corrected chi connectivity index (χ2v) is 7.48. The smallest absolute Gasteiger partial charge is 0.0900 e. The molecule has 0 bridgehead atoms. The van der Waals surface area contributed by atoms with E-state index in [4.69, 9.17) is 4.74 Å². The molecular formula is C24H31NO2. The van der Waals surface area contributed by atoms with E-state index in [2.05, 4.69) is 65.6 Å². The molecule has 1 N–H and O–H groups in total. The fraction of sp³-hybridized carbons (Fsp3) is 0.417. The van der Waals surface area contributed by atoms with Gasteiger partial charge in [-0.2, -0.15) is 0 Å². The summed E-state index contributed by atoms with van der Waals surface area (Å²) in [6.45, 7) is 3.40. The minimum atomic E-state index is -0.475. The van der Waals surface area contributed by atoms with Crippen LogP contribution in [0, 0.1) is 5.92 Å². The molecule has 0 amide bonds. The number of nitrogens with zero attached hydrogens (tertiary/aromatic N) is 1. The predicted molar refractivity (Wildman–Crippen MR) is 110 cm³/mol. The zero-order chi connectivity index (χ0) is 18.7. The van der Waals surface area contributed by atoms with Crippen LogP contribution < -0.4 is 0 Å². The highest BCUT2D eigenvalue weighted by Crippen LogP contribution is 2.18. The van der Waals surface area contributed by atoms with E-state index in [1.165, 1.54) is 17.5 Å². The van der Waals surface area contributed by atoms with Gasteiger partial charge in [-0.3, -0.25) is 4.90 Å². The van der Waals surface area contributed by atoms with Crippen LogP contribution in [0.5, 0.6) is 0 Å². The minimum absolute atomic E-state index is 0.403. The highest BCUT2D eigenvalue weighted by molar-refractivity contribution is 5.17. The van der Waals surface area contributed by atoms with E-state index in [1.807, 2.05) is 12.1 Å². The van der Waals surface area contributed by atoms with Crippen molar-refractivity contribution >= 4 is 0 Å². The molecule has 0 fully saturated rings. The Balaban J connectivity index is 1.50. The van der Waals surface area contributed by atoms with Gasteiger partial charge in [0.1, 0.15) is 0 Å². The first-order valence-corrected chi connectivity index (χ1v) is 10.0. The van der Waals surface area contributed by atoms with Crippen LogP contribution in [0.1, 0.15) is 30.4 Å². The predicted octanol–water partition coefficient (Wildman–Crippen LogP) is 4.42. The van der Waals surface area contributed by atoms with Crippen molar-refractivity contribution in [2.45, 2.75) is 38.5 Å². The van der Waals surface area contributed by atoms with Gasteiger partial charge in [-0.05, 0) is 36.3 Å². The highest BCUT2D eigenvalue weighted by Gasteiger charge is 2.15. The Morgan fingerprint density at radius 3 is 2.11 bits per heavy atom. The largest absolute Gasteiger partial charge is 0.389 e. The van der Waals surface area contributed by atoms with E-state index in [0.717, 1.165) is 32.5 Å². The maximum atomic E-state index is 10.5. The number of hydrogen-bond acceptors (Lipinski definition) is 3. The molecule has 0 radical (unpaired) electrons. The van der Waals surface area contributed by atoms with Crippen LogP contribution in [0.2, 0.25) is 0 Å². The van der Waals surface area contributed by atoms with E-state index in [0.29, 0.717) is 19.1 Å². The minimum Gasteiger partial charge on any atom is -0.389 e. The quantitative estimate of drug-likeness (QED) is 0.633. The van der Waals surface area contributed by atoms with Gasteiger partial charge in [0.2, 0.25) is 0 Å². The average molecular weight is 366 g/mol. The molecule has 0 saturated heterocycles. The normalized spacial score (nSPS) is 17.9. The molecular weight excluding hydrogens is 334 g/mol. The molecule has 3 heteroatoms. The van der Waals surface area contributed by atoms with E-state index in [9.17, 15) is 5.11 Å². The fourth-order valence-electron chi connectivity index (χ4n) is 3.60. The highest BCUT2D eigenvalue weighted by atomic mass is 16.5. The van der Waals surface area contributed by atoms with Crippen LogP contribution >= 0.6 is 0 Å². The first kappa shape index (κ1) is 19.8. The zero-order valence-electron chi connectivity index (χ0n) is 16.0. The van der Waals surface area contributed by atoms with Gasteiger partial charge >= 0.3 is 0 Å². The Morgan fingerprint density at radius 2 is 1.56 bits per heavy atom. The van der Waals surface area contributed by atoms with Crippen LogP contribution in [-0.4, -0.2) is 35.9 Å². The van der Waals surface area contributed by atoms with Crippen molar-refractivity contribution in [3.8, 4) is 0 Å². The maximum absolute atomic E-state index is 10.5. The lowest BCUT2D eigenvalue weighted by molar-refractivity contribution is 0.00114. The lowest BCUT2D eigenvalue weighted by Crippen LogP contribution is -2.34. The molecule has 1 aliphatic carbocycles. The Kier molecular flexibility index (Phi) is 8.09. The summed E-state index contributed by atoms with van der Waals surface area (Å²) in [5, 5.41) is 10.5. The number of allylic oxidation sites excluding steroid dienone is 2. The van der Waals surface area contributed by atoms with Crippen molar-refractivity contribution in [1.29, 1.82) is 0 Å². The molecule has 1 aliphatic rings. The summed E-state index contributed by atoms with van der Waals surface area (Å²) >= 11 is 0. The Bertz CT molecular complexity index is 630. The van der Waals surface area contributed by atoms with Crippen molar-refractivity contribution in [3.63, 3.8) is 0 Å². The van der Waals surface area contributed by atoms with Gasteiger partial charge in [0.25, 0.3) is 0 Å². The van der Waals surface area contributed by atoms with Crippen LogP contribution in [0.3, 0.4) is 0 Å². The van der Waals surface area contributed by atoms with Crippen LogP contribution in [-0.2, 0) is 17.8 Å². The number of aliphatic hydroxyl groups is 1. The summed E-state index contributed by atoms with van der Waals surface area (Å²) in [7, 11) is 0. The topological polar surface area (TPSA) is 32.7 Å². The molecule has 2 aromatic carbocycles. The van der Waals surface area contributed by atoms with Crippen LogP contribution in [0.15, 0.2) is 72.8 Å². The van der Waals surface area contributed by atoms with E-state index in [-0.39, 0.29) is 0 Å². The Morgan fingerprint density at radius 1 is 0.926 bits per heavy atom. The molecule has 0 heterocycles. The molecule has 144 valence electrons. The third-order valence-electron chi connectivity index (χ3n) is 5.01. The Labute approximate surface area is 163 Å². The molecule has 2 aromatic rings. The van der Waals surface area contributed by atoms with Gasteiger partial charge in [0.05, 0.1) is 12.7 Å². The number of ether oxygens (including phenoxy) is 1. The summed E-state index contributed by atoms with van der Waals surface area (Å²) in [6, 6.07) is 20.9. The molecule has 0 saturated carbocycles. The standard InChI is InChI=1S/C24H31NO2/c26-24(20-27-19-23-14-8-3-9-15-23)18-25(16-21-10-4-1-5-11-21)17-22-12-6-2-7-13-22/h1-8,10-13,23-24,26H,9,14-20H2/t23-,24+/m1/s1. The van der Waals surface area contributed by atoms with Crippen molar-refractivity contribution in [2.24, 2.45) is 5.92 Å². The average Bonchev–Trinajstić information content (AvgIpc) is 2.70. The number of rotatable bonds is 10. The second kappa shape index (κ2) is 11.0. The van der Waals surface area contributed by atoms with Gasteiger partial charge in [-0.1, -0.05) is 72.8 Å². The monoisotopic (exact) mass is 365 g/mol. The first-order valence-electron chi connectivity index (χ1n) is 10.0. The summed E-state index contributed by atoms with van der Waals surface area (Å²) in [6.07, 6.45) is 7.46. The van der Waals surface area contributed by atoms with Crippen molar-refractivity contribution in [2.75, 3.05) is 19.8 Å². The lowest BCUT2D eigenvalue weighted by Gasteiger charge is -2.26. The first-order chi connectivity index (χ1) is 13.3. The fourth-order valence-corrected chi connectivity index (χ4v) is 3.60. The zero-order valence-corrected chi connectivity index (χ0v) is 16.0. The lowest BCUT2D eigenvalue weighted by atomic mass is 9.95. The summed E-state index contributed by atoms with van der Waals surface area (Å²) < 4.78 is 5.83. The van der Waals surface area contributed by atoms with Gasteiger partial charge in [-0.15, -0.1) is 0 Å². The van der Waals surface area contributed by atoms with E-state index < -0.39 is 6.10 Å². The number of benzene rings is 2. The molecule has 27 heavy (non-hydrogen) atoms. The van der Waals surface area contributed by atoms with Crippen molar-refractivity contribution < 1.29 is 9.84 Å². The molecule has 0 aromatic heterocycles. The van der Waals surface area contributed by atoms with Crippen LogP contribution in [0.4, 0.5) is 0 Å². The van der Waals surface area contributed by atoms with Gasteiger partial charge in [0, 0.05) is 26.2 Å². The third-order valence-corrected chi connectivity index (χ3v) is 5.01. The van der Waals surface area contributed by atoms with Gasteiger partial charge in [-0.25, -0.2) is 0 Å². The molecule has 3 rings (SSSR count). The third kappa shape index (κ3) is 7.30. The SMILES string of the molecule is O[C@H](COC[C@@H]1CC=CCC1)CN(Cc1ccccc1)Cc1ccccc1. The molecule has 0 aliphatic heterocycles. The molecule has 0 spiro atoms. The van der Waals surface area contributed by atoms with E-state index in [1.54, 1.807) is 0 Å². The van der Waals surface area contributed by atoms with Crippen LogP contribution in [0.25, 0.3) is 0 Å². The van der Waals surface area contributed by atoms with Gasteiger partial charge in [0.15, 0.2) is 0 Å². The number of aliphatic hydroxyl groups excluding tert-OH is 1. The Hall–Kier alpha value is -1.94. The molecule has 2 atom stereocenters. The van der Waals surface area contributed by atoms with E-state index >= 15 is 0 Å². The van der Waals surface area contributed by atoms with Crippen molar-refractivity contribution in [1.82, 2.24) is 4.90 Å². The molecule has 0 unspecified atom stereocenters. The molecule has 3 nitrogen and oxygen atoms in total. The van der Waals surface area contributed by atoms with Gasteiger partial charge < -0.3 is 9.84 Å². The summed E-state index contributed by atoms with van der Waals surface area (Å²) in [4.78, 5) is 2.29. The second-order valence-electron chi connectivity index (χ2n) is 7.48. The van der Waals surface area contributed by atoms with Crippen molar-refractivity contribution in [3.05, 3.63) is 83.9 Å².